The first-order valence-corrected chi connectivity index (χ1v) is 7.86. The lowest BCUT2D eigenvalue weighted by Gasteiger charge is -2.18. The second kappa shape index (κ2) is 4.60. The molecular formula is C8H20ClNOSi. The largest absolute Gasteiger partial charge is 0.392 e. The molecule has 0 saturated carbocycles. The summed E-state index contributed by atoms with van der Waals surface area (Å²) >= 11 is 0. The van der Waals surface area contributed by atoms with Crippen molar-refractivity contribution in [2.75, 3.05) is 0 Å². The number of hydrogen-bond acceptors (Lipinski definition) is 2. The van der Waals surface area contributed by atoms with Crippen LogP contribution in [-0.2, 0) is 0 Å². The highest BCUT2D eigenvalue weighted by Crippen LogP contribution is 2.26. The van der Waals surface area contributed by atoms with Crippen LogP contribution in [0.15, 0.2) is 0 Å². The molecule has 12 heavy (non-hydrogen) atoms. The first kappa shape index (κ1) is 12.4. The predicted octanol–water partition coefficient (Wildman–Crippen LogP) is 1.60. The van der Waals surface area contributed by atoms with Crippen LogP contribution in [0.3, 0.4) is 0 Å². The van der Waals surface area contributed by atoms with Crippen LogP contribution in [0, 0.1) is 0 Å². The Morgan fingerprint density at radius 1 is 1.25 bits per heavy atom. The van der Waals surface area contributed by atoms with E-state index in [1.807, 2.05) is 0 Å². The average molecular weight is 210 g/mol. The lowest BCUT2D eigenvalue weighted by molar-refractivity contribution is 0.141. The van der Waals surface area contributed by atoms with Gasteiger partial charge in [0.1, 0.15) is 0 Å². The third-order valence-corrected chi connectivity index (χ3v) is 6.05. The van der Waals surface area contributed by atoms with Gasteiger partial charge in [-0.15, -0.1) is 12.4 Å². The van der Waals surface area contributed by atoms with Crippen molar-refractivity contribution in [3.05, 3.63) is 0 Å². The van der Waals surface area contributed by atoms with Gasteiger partial charge < -0.3 is 10.8 Å². The van der Waals surface area contributed by atoms with Crippen molar-refractivity contribution in [2.24, 2.45) is 5.73 Å². The smallest absolute Gasteiger partial charge is 0.0688 e. The van der Waals surface area contributed by atoms with E-state index in [1.54, 1.807) is 0 Å². The Balaban J connectivity index is 0.00000121. The highest BCUT2D eigenvalue weighted by molar-refractivity contribution is 6.77. The Hall–Kier alpha value is 0.427. The minimum absolute atomic E-state index is 0. The lowest BCUT2D eigenvalue weighted by Crippen LogP contribution is -2.32. The van der Waals surface area contributed by atoms with Crippen LogP contribution in [-0.4, -0.2) is 25.3 Å². The van der Waals surface area contributed by atoms with Crippen molar-refractivity contribution in [2.45, 2.75) is 50.2 Å². The van der Waals surface area contributed by atoms with Gasteiger partial charge in [-0.3, -0.25) is 0 Å². The molecule has 1 saturated heterocycles. The monoisotopic (exact) mass is 209 g/mol. The molecule has 0 amide bonds. The summed E-state index contributed by atoms with van der Waals surface area (Å²) in [5.41, 5.74) is 5.77. The molecule has 2 atom stereocenters. The summed E-state index contributed by atoms with van der Waals surface area (Å²) < 4.78 is 0. The van der Waals surface area contributed by atoms with E-state index < -0.39 is 8.07 Å². The topological polar surface area (TPSA) is 46.2 Å². The first-order valence-electron chi connectivity index (χ1n) is 4.45. The Morgan fingerprint density at radius 2 is 1.75 bits per heavy atom. The molecule has 0 aromatic rings. The molecule has 3 N–H and O–H groups in total. The van der Waals surface area contributed by atoms with Gasteiger partial charge in [-0.2, -0.15) is 0 Å². The van der Waals surface area contributed by atoms with Gasteiger partial charge in [0.05, 0.1) is 6.10 Å². The van der Waals surface area contributed by atoms with Crippen LogP contribution in [0.4, 0.5) is 0 Å². The van der Waals surface area contributed by atoms with Gasteiger partial charge in [0.25, 0.3) is 0 Å². The molecule has 1 fully saturated rings. The zero-order chi connectivity index (χ0) is 8.48. The molecule has 2 nitrogen and oxygen atoms in total. The second-order valence-electron chi connectivity index (χ2n) is 4.47. The Bertz CT molecular complexity index is 129. The summed E-state index contributed by atoms with van der Waals surface area (Å²) in [5, 5.41) is 9.49. The molecule has 0 aromatic heterocycles. The highest BCUT2D eigenvalue weighted by atomic mass is 35.5. The van der Waals surface area contributed by atoms with E-state index in [1.165, 1.54) is 12.1 Å². The number of rotatable bonds is 0. The first-order chi connectivity index (χ1) is 5.01. The second-order valence-corrected chi connectivity index (χ2v) is 9.80. The minimum atomic E-state index is -0.964. The van der Waals surface area contributed by atoms with E-state index in [9.17, 15) is 5.11 Å². The molecule has 4 heteroatoms. The van der Waals surface area contributed by atoms with Crippen LogP contribution in [0.5, 0.6) is 0 Å². The molecule has 0 aliphatic carbocycles. The molecule has 1 aliphatic heterocycles. The summed E-state index contributed by atoms with van der Waals surface area (Å²) in [6.45, 7) is 4.77. The molecule has 0 bridgehead atoms. The van der Waals surface area contributed by atoms with Gasteiger partial charge in [0, 0.05) is 14.1 Å². The molecule has 0 radical (unpaired) electrons. The SMILES string of the molecule is C[Si]1(C)CC[C@@H](O)[C@@H](N)CC1.Cl. The van der Waals surface area contributed by atoms with E-state index >= 15 is 0 Å². The lowest BCUT2D eigenvalue weighted by atomic mass is 10.1. The van der Waals surface area contributed by atoms with Crippen molar-refractivity contribution in [3.63, 3.8) is 0 Å². The number of aliphatic hydroxyl groups is 1. The van der Waals surface area contributed by atoms with E-state index in [0.717, 1.165) is 12.8 Å². The molecule has 0 unspecified atom stereocenters. The van der Waals surface area contributed by atoms with Crippen molar-refractivity contribution in [1.82, 2.24) is 0 Å². The van der Waals surface area contributed by atoms with E-state index in [-0.39, 0.29) is 24.6 Å². The van der Waals surface area contributed by atoms with Crippen LogP contribution in [0.1, 0.15) is 12.8 Å². The number of aliphatic hydroxyl groups excluding tert-OH is 1. The minimum Gasteiger partial charge on any atom is -0.392 e. The summed E-state index contributed by atoms with van der Waals surface area (Å²) in [5.74, 6) is 0. The fourth-order valence-electron chi connectivity index (χ4n) is 1.63. The summed E-state index contributed by atoms with van der Waals surface area (Å²) in [6.07, 6.45) is 1.73. The van der Waals surface area contributed by atoms with Gasteiger partial charge in [-0.05, 0) is 12.8 Å². The molecule has 0 spiro atoms. The van der Waals surface area contributed by atoms with Gasteiger partial charge >= 0.3 is 0 Å². The zero-order valence-electron chi connectivity index (χ0n) is 7.92. The predicted molar refractivity (Wildman–Crippen MR) is 57.6 cm³/mol. The third kappa shape index (κ3) is 3.43. The van der Waals surface area contributed by atoms with Crippen LogP contribution in [0.25, 0.3) is 0 Å². The maximum Gasteiger partial charge on any atom is 0.0688 e. The quantitative estimate of drug-likeness (QED) is 0.596. The number of halogens is 1. The van der Waals surface area contributed by atoms with E-state index in [2.05, 4.69) is 13.1 Å². The van der Waals surface area contributed by atoms with Crippen LogP contribution < -0.4 is 5.73 Å². The fraction of sp³-hybridized carbons (Fsp3) is 1.00. The normalized spacial score (nSPS) is 35.0. The summed E-state index contributed by atoms with van der Waals surface area (Å²) in [6, 6.07) is 2.57. The van der Waals surface area contributed by atoms with Crippen LogP contribution >= 0.6 is 12.4 Å². The van der Waals surface area contributed by atoms with Crippen LogP contribution in [0.2, 0.25) is 25.2 Å². The maximum atomic E-state index is 9.49. The Kier molecular flexibility index (Phi) is 4.77. The van der Waals surface area contributed by atoms with Gasteiger partial charge in [0.2, 0.25) is 0 Å². The number of nitrogens with two attached hydrogens (primary N) is 1. The van der Waals surface area contributed by atoms with Gasteiger partial charge in [-0.1, -0.05) is 25.2 Å². The number of hydrogen-bond donors (Lipinski definition) is 2. The standard InChI is InChI=1S/C8H19NOSi.ClH/c1-11(2)5-3-7(9)8(10)4-6-11;/h7-8,10H,3-6,9H2,1-2H3;1H/t7-,8+;/m0./s1. The molecule has 1 rings (SSSR count). The molecule has 1 aliphatic rings. The maximum absolute atomic E-state index is 9.49. The van der Waals surface area contributed by atoms with Crippen molar-refractivity contribution < 1.29 is 5.11 Å². The molecule has 74 valence electrons. The van der Waals surface area contributed by atoms with Crippen molar-refractivity contribution >= 4 is 20.5 Å². The summed E-state index contributed by atoms with van der Waals surface area (Å²) in [7, 11) is -0.964. The van der Waals surface area contributed by atoms with E-state index in [4.69, 9.17) is 5.73 Å². The molecule has 0 aromatic carbocycles. The van der Waals surface area contributed by atoms with E-state index in [0.29, 0.717) is 0 Å². The zero-order valence-corrected chi connectivity index (χ0v) is 9.73. The third-order valence-electron chi connectivity index (χ3n) is 2.77. The fourth-order valence-corrected chi connectivity index (χ4v) is 4.07. The van der Waals surface area contributed by atoms with Crippen molar-refractivity contribution in [1.29, 1.82) is 0 Å². The van der Waals surface area contributed by atoms with Crippen molar-refractivity contribution in [3.8, 4) is 0 Å². The van der Waals surface area contributed by atoms with Gasteiger partial charge in [-0.25, -0.2) is 0 Å². The Labute approximate surface area is 82.0 Å². The van der Waals surface area contributed by atoms with Gasteiger partial charge in [0.15, 0.2) is 0 Å². The highest BCUT2D eigenvalue weighted by Gasteiger charge is 2.28. The Morgan fingerprint density at radius 3 is 2.33 bits per heavy atom. The summed E-state index contributed by atoms with van der Waals surface area (Å²) in [4.78, 5) is 0. The average Bonchev–Trinajstić information content (AvgIpc) is 2.03. The molecule has 1 heterocycles. The molecular weight excluding hydrogens is 190 g/mol.